The quantitative estimate of drug-likeness (QED) is 0.365. The lowest BCUT2D eigenvalue weighted by molar-refractivity contribution is 0.503. The van der Waals surface area contributed by atoms with Crippen LogP contribution in [0.15, 0.2) is 35.6 Å². The molecule has 0 spiro atoms. The number of aliphatic imine (C=N–C) groups is 1. The molecular formula is C19H29FIN5. The highest BCUT2D eigenvalue weighted by Gasteiger charge is 2.06. The van der Waals surface area contributed by atoms with Crippen molar-refractivity contribution in [1.82, 2.24) is 20.2 Å². The SMILES string of the molecule is CCNC(=NCc1ccc(C)c(F)c1)NCc1nccn1CC(C)C.I. The van der Waals surface area contributed by atoms with Crippen LogP contribution >= 0.6 is 24.0 Å². The van der Waals surface area contributed by atoms with Gasteiger partial charge in [0, 0.05) is 25.5 Å². The third kappa shape index (κ3) is 6.93. The molecule has 0 saturated heterocycles. The average Bonchev–Trinajstić information content (AvgIpc) is 2.99. The molecule has 0 fully saturated rings. The van der Waals surface area contributed by atoms with E-state index >= 15 is 0 Å². The molecule has 0 aliphatic carbocycles. The molecule has 144 valence electrons. The molecule has 2 rings (SSSR count). The van der Waals surface area contributed by atoms with Gasteiger partial charge in [0.05, 0.1) is 13.1 Å². The zero-order valence-corrected chi connectivity index (χ0v) is 18.3. The van der Waals surface area contributed by atoms with Crippen LogP contribution in [0, 0.1) is 18.7 Å². The van der Waals surface area contributed by atoms with Crippen LogP contribution in [0.1, 0.15) is 37.7 Å². The van der Waals surface area contributed by atoms with E-state index in [-0.39, 0.29) is 29.8 Å². The van der Waals surface area contributed by atoms with Crippen molar-refractivity contribution < 1.29 is 4.39 Å². The maximum absolute atomic E-state index is 13.6. The number of guanidine groups is 1. The highest BCUT2D eigenvalue weighted by molar-refractivity contribution is 14.0. The Morgan fingerprint density at radius 2 is 2.08 bits per heavy atom. The summed E-state index contributed by atoms with van der Waals surface area (Å²) in [6, 6.07) is 5.22. The molecule has 2 aromatic rings. The second-order valence-electron chi connectivity index (χ2n) is 6.52. The molecule has 0 amide bonds. The predicted molar refractivity (Wildman–Crippen MR) is 115 cm³/mol. The van der Waals surface area contributed by atoms with E-state index in [1.165, 1.54) is 6.07 Å². The third-order valence-corrected chi connectivity index (χ3v) is 3.78. The van der Waals surface area contributed by atoms with E-state index in [4.69, 9.17) is 0 Å². The van der Waals surface area contributed by atoms with Crippen molar-refractivity contribution in [3.8, 4) is 0 Å². The van der Waals surface area contributed by atoms with Gasteiger partial charge in [0.2, 0.25) is 0 Å². The summed E-state index contributed by atoms with van der Waals surface area (Å²) >= 11 is 0. The topological polar surface area (TPSA) is 54.2 Å². The van der Waals surface area contributed by atoms with Gasteiger partial charge in [-0.1, -0.05) is 26.0 Å². The Morgan fingerprint density at radius 3 is 2.73 bits per heavy atom. The Balaban J connectivity index is 0.00000338. The number of nitrogens with zero attached hydrogens (tertiary/aromatic N) is 3. The van der Waals surface area contributed by atoms with Crippen LogP contribution in [0.2, 0.25) is 0 Å². The molecule has 7 heteroatoms. The van der Waals surface area contributed by atoms with E-state index in [9.17, 15) is 4.39 Å². The summed E-state index contributed by atoms with van der Waals surface area (Å²) in [6.07, 6.45) is 3.81. The molecule has 26 heavy (non-hydrogen) atoms. The van der Waals surface area contributed by atoms with Crippen molar-refractivity contribution in [1.29, 1.82) is 0 Å². The fraction of sp³-hybridized carbons (Fsp3) is 0.474. The summed E-state index contributed by atoms with van der Waals surface area (Å²) < 4.78 is 15.8. The third-order valence-electron chi connectivity index (χ3n) is 3.78. The fourth-order valence-corrected chi connectivity index (χ4v) is 2.48. The molecule has 0 unspecified atom stereocenters. The minimum absolute atomic E-state index is 0. The van der Waals surface area contributed by atoms with E-state index in [1.807, 2.05) is 25.4 Å². The minimum atomic E-state index is -0.193. The van der Waals surface area contributed by atoms with Crippen LogP contribution in [0.25, 0.3) is 0 Å². The summed E-state index contributed by atoms with van der Waals surface area (Å²) in [6.45, 7) is 10.9. The van der Waals surface area contributed by atoms with Crippen LogP contribution in [-0.4, -0.2) is 22.1 Å². The van der Waals surface area contributed by atoms with Gasteiger partial charge < -0.3 is 15.2 Å². The summed E-state index contributed by atoms with van der Waals surface area (Å²) in [5, 5.41) is 6.50. The molecule has 0 aliphatic rings. The molecule has 0 aliphatic heterocycles. The number of hydrogen-bond donors (Lipinski definition) is 2. The summed E-state index contributed by atoms with van der Waals surface area (Å²) in [5.41, 5.74) is 1.50. The maximum Gasteiger partial charge on any atom is 0.191 e. The number of hydrogen-bond acceptors (Lipinski definition) is 2. The Bertz CT molecular complexity index is 712. The highest BCUT2D eigenvalue weighted by Crippen LogP contribution is 2.10. The zero-order valence-electron chi connectivity index (χ0n) is 15.9. The lowest BCUT2D eigenvalue weighted by atomic mass is 10.1. The first-order chi connectivity index (χ1) is 12.0. The van der Waals surface area contributed by atoms with Gasteiger partial charge in [-0.3, -0.25) is 0 Å². The second-order valence-corrected chi connectivity index (χ2v) is 6.52. The first-order valence-electron chi connectivity index (χ1n) is 8.76. The molecule has 0 saturated carbocycles. The van der Waals surface area contributed by atoms with Crippen molar-refractivity contribution in [3.05, 3.63) is 53.4 Å². The van der Waals surface area contributed by atoms with Gasteiger partial charge in [-0.05, 0) is 37.0 Å². The van der Waals surface area contributed by atoms with E-state index in [1.54, 1.807) is 13.0 Å². The standard InChI is InChI=1S/C19H28FN5.HI/c1-5-21-19(23-11-16-7-6-15(4)17(20)10-16)24-12-18-22-8-9-25(18)13-14(2)3;/h6-10,14H,5,11-13H2,1-4H3,(H2,21,23,24);1H. The summed E-state index contributed by atoms with van der Waals surface area (Å²) in [5.74, 6) is 2.04. The lowest BCUT2D eigenvalue weighted by Crippen LogP contribution is -2.37. The number of imidazole rings is 1. The van der Waals surface area contributed by atoms with E-state index in [0.717, 1.165) is 24.5 Å². The van der Waals surface area contributed by atoms with Crippen LogP contribution in [0.5, 0.6) is 0 Å². The normalized spacial score (nSPS) is 11.4. The lowest BCUT2D eigenvalue weighted by Gasteiger charge is -2.14. The van der Waals surface area contributed by atoms with E-state index in [2.05, 4.69) is 39.0 Å². The minimum Gasteiger partial charge on any atom is -0.357 e. The molecule has 1 heterocycles. The zero-order chi connectivity index (χ0) is 18.2. The highest BCUT2D eigenvalue weighted by atomic mass is 127. The predicted octanol–water partition coefficient (Wildman–Crippen LogP) is 3.86. The largest absolute Gasteiger partial charge is 0.357 e. The van der Waals surface area contributed by atoms with Gasteiger partial charge in [-0.15, -0.1) is 24.0 Å². The molecule has 2 N–H and O–H groups in total. The first-order valence-corrected chi connectivity index (χ1v) is 8.76. The maximum atomic E-state index is 13.6. The fourth-order valence-electron chi connectivity index (χ4n) is 2.48. The van der Waals surface area contributed by atoms with Crippen molar-refractivity contribution in [2.45, 2.75) is 47.3 Å². The van der Waals surface area contributed by atoms with Crippen molar-refractivity contribution >= 4 is 29.9 Å². The number of rotatable bonds is 7. The molecule has 1 aromatic carbocycles. The van der Waals surface area contributed by atoms with Crippen molar-refractivity contribution in [3.63, 3.8) is 0 Å². The molecule has 0 radical (unpaired) electrons. The monoisotopic (exact) mass is 473 g/mol. The molecule has 5 nitrogen and oxygen atoms in total. The number of halogens is 2. The summed E-state index contributed by atoms with van der Waals surface area (Å²) in [7, 11) is 0. The van der Waals surface area contributed by atoms with Gasteiger partial charge in [-0.2, -0.15) is 0 Å². The smallest absolute Gasteiger partial charge is 0.191 e. The van der Waals surface area contributed by atoms with Crippen LogP contribution in [0.3, 0.4) is 0 Å². The number of nitrogens with one attached hydrogen (secondary N) is 2. The van der Waals surface area contributed by atoms with Crippen molar-refractivity contribution in [2.75, 3.05) is 6.54 Å². The number of benzene rings is 1. The van der Waals surface area contributed by atoms with Gasteiger partial charge in [0.15, 0.2) is 5.96 Å². The molecular weight excluding hydrogens is 444 g/mol. The van der Waals surface area contributed by atoms with Gasteiger partial charge in [-0.25, -0.2) is 14.4 Å². The van der Waals surface area contributed by atoms with Crippen LogP contribution in [0.4, 0.5) is 4.39 Å². The number of aromatic nitrogens is 2. The Morgan fingerprint density at radius 1 is 1.31 bits per heavy atom. The van der Waals surface area contributed by atoms with Crippen molar-refractivity contribution in [2.24, 2.45) is 10.9 Å². The Hall–Kier alpha value is -1.64. The molecule has 1 aromatic heterocycles. The van der Waals surface area contributed by atoms with Gasteiger partial charge in [0.25, 0.3) is 0 Å². The van der Waals surface area contributed by atoms with E-state index < -0.39 is 0 Å². The molecule has 0 atom stereocenters. The summed E-state index contributed by atoms with van der Waals surface area (Å²) in [4.78, 5) is 8.94. The van der Waals surface area contributed by atoms with Gasteiger partial charge in [0.1, 0.15) is 11.6 Å². The average molecular weight is 473 g/mol. The molecule has 0 bridgehead atoms. The van der Waals surface area contributed by atoms with Crippen LogP contribution in [-0.2, 0) is 19.6 Å². The first kappa shape index (κ1) is 22.4. The Labute approximate surface area is 172 Å². The van der Waals surface area contributed by atoms with Crippen LogP contribution < -0.4 is 10.6 Å². The Kier molecular flexibility index (Phi) is 9.61. The van der Waals surface area contributed by atoms with E-state index in [0.29, 0.717) is 30.5 Å². The second kappa shape index (κ2) is 11.2. The van der Waals surface area contributed by atoms with Gasteiger partial charge >= 0.3 is 0 Å². The number of aryl methyl sites for hydroxylation is 1.